The fourth-order valence-electron chi connectivity index (χ4n) is 1.73. The van der Waals surface area contributed by atoms with Gasteiger partial charge in [0.15, 0.2) is 0 Å². The molecule has 19 heavy (non-hydrogen) atoms. The van der Waals surface area contributed by atoms with Crippen molar-refractivity contribution in [2.45, 2.75) is 13.5 Å². The Bertz CT molecular complexity index is 558. The van der Waals surface area contributed by atoms with Gasteiger partial charge in [0.05, 0.1) is 12.7 Å². The molecule has 0 atom stereocenters. The summed E-state index contributed by atoms with van der Waals surface area (Å²) in [5.41, 5.74) is 2.72. The van der Waals surface area contributed by atoms with Gasteiger partial charge in [-0.05, 0) is 42.3 Å². The molecule has 0 aliphatic heterocycles. The van der Waals surface area contributed by atoms with E-state index in [9.17, 15) is 4.79 Å². The van der Waals surface area contributed by atoms with E-state index < -0.39 is 0 Å². The largest absolute Gasteiger partial charge is 0.489 e. The van der Waals surface area contributed by atoms with E-state index in [0.29, 0.717) is 12.2 Å². The Kier molecular flexibility index (Phi) is 4.18. The van der Waals surface area contributed by atoms with Gasteiger partial charge in [0.2, 0.25) is 0 Å². The molecule has 0 bridgehead atoms. The summed E-state index contributed by atoms with van der Waals surface area (Å²) in [6.45, 7) is 2.50. The molecule has 3 heteroatoms. The molecule has 0 heterocycles. The molecule has 0 spiro atoms. The fourth-order valence-corrected chi connectivity index (χ4v) is 1.73. The van der Waals surface area contributed by atoms with Gasteiger partial charge in [-0.3, -0.25) is 0 Å². The molecule has 0 aliphatic rings. The molecular weight excluding hydrogens is 240 g/mol. The van der Waals surface area contributed by atoms with Crippen molar-refractivity contribution in [2.75, 3.05) is 7.11 Å². The lowest BCUT2D eigenvalue weighted by molar-refractivity contribution is 0.0600. The summed E-state index contributed by atoms with van der Waals surface area (Å²) in [4.78, 5) is 11.3. The van der Waals surface area contributed by atoms with Crippen LogP contribution in [-0.4, -0.2) is 13.1 Å². The second kappa shape index (κ2) is 6.05. The summed E-state index contributed by atoms with van der Waals surface area (Å²) in [6, 6.07) is 15.1. The zero-order chi connectivity index (χ0) is 13.7. The normalized spacial score (nSPS) is 10.0. The molecule has 3 nitrogen and oxygen atoms in total. The van der Waals surface area contributed by atoms with Gasteiger partial charge in [-0.2, -0.15) is 0 Å². The lowest BCUT2D eigenvalue weighted by Gasteiger charge is -2.07. The predicted octanol–water partition coefficient (Wildman–Crippen LogP) is 3.36. The van der Waals surface area contributed by atoms with Crippen LogP contribution in [-0.2, 0) is 11.3 Å². The molecule has 0 aromatic heterocycles. The lowest BCUT2D eigenvalue weighted by Crippen LogP contribution is -2.02. The summed E-state index contributed by atoms with van der Waals surface area (Å²) in [7, 11) is 1.37. The van der Waals surface area contributed by atoms with Crippen LogP contribution >= 0.6 is 0 Å². The minimum absolute atomic E-state index is 0.328. The molecule has 0 amide bonds. The SMILES string of the molecule is COC(=O)c1ccc(COc2cccc(C)c2)cc1. The van der Waals surface area contributed by atoms with Crippen molar-refractivity contribution in [3.63, 3.8) is 0 Å². The van der Waals surface area contributed by atoms with E-state index in [1.165, 1.54) is 12.7 Å². The molecule has 0 N–H and O–H groups in total. The van der Waals surface area contributed by atoms with Crippen molar-refractivity contribution >= 4 is 5.97 Å². The van der Waals surface area contributed by atoms with Crippen LogP contribution in [0.5, 0.6) is 5.75 Å². The number of hydrogen-bond donors (Lipinski definition) is 0. The molecule has 2 aromatic rings. The quantitative estimate of drug-likeness (QED) is 0.787. The molecule has 98 valence electrons. The van der Waals surface area contributed by atoms with Crippen molar-refractivity contribution in [2.24, 2.45) is 0 Å². The highest BCUT2D eigenvalue weighted by molar-refractivity contribution is 5.89. The summed E-state index contributed by atoms with van der Waals surface area (Å²) in [5.74, 6) is 0.517. The first kappa shape index (κ1) is 13.1. The molecule has 2 aromatic carbocycles. The Morgan fingerprint density at radius 3 is 2.47 bits per heavy atom. The number of benzene rings is 2. The number of aryl methyl sites for hydroxylation is 1. The smallest absolute Gasteiger partial charge is 0.337 e. The highest BCUT2D eigenvalue weighted by atomic mass is 16.5. The van der Waals surface area contributed by atoms with Crippen molar-refractivity contribution in [3.8, 4) is 5.75 Å². The van der Waals surface area contributed by atoms with Crippen molar-refractivity contribution in [1.82, 2.24) is 0 Å². The third-order valence-corrected chi connectivity index (χ3v) is 2.77. The monoisotopic (exact) mass is 256 g/mol. The molecular formula is C16H16O3. The highest BCUT2D eigenvalue weighted by Crippen LogP contribution is 2.15. The minimum atomic E-state index is -0.328. The fraction of sp³-hybridized carbons (Fsp3) is 0.188. The van der Waals surface area contributed by atoms with E-state index in [2.05, 4.69) is 4.74 Å². The summed E-state index contributed by atoms with van der Waals surface area (Å²) in [5, 5.41) is 0. The average Bonchev–Trinajstić information content (AvgIpc) is 2.45. The van der Waals surface area contributed by atoms with Gasteiger partial charge in [-0.25, -0.2) is 4.79 Å². The molecule has 0 unspecified atom stereocenters. The third kappa shape index (κ3) is 3.58. The topological polar surface area (TPSA) is 35.5 Å². The maximum absolute atomic E-state index is 11.3. The van der Waals surface area contributed by atoms with E-state index in [1.807, 2.05) is 43.3 Å². The molecule has 0 saturated heterocycles. The number of rotatable bonds is 4. The summed E-state index contributed by atoms with van der Waals surface area (Å²) >= 11 is 0. The first-order valence-electron chi connectivity index (χ1n) is 6.06. The van der Waals surface area contributed by atoms with E-state index in [4.69, 9.17) is 4.74 Å². The second-order valence-corrected chi connectivity index (χ2v) is 4.29. The van der Waals surface area contributed by atoms with Gasteiger partial charge < -0.3 is 9.47 Å². The Balaban J connectivity index is 1.98. The van der Waals surface area contributed by atoms with Gasteiger partial charge in [0, 0.05) is 0 Å². The zero-order valence-electron chi connectivity index (χ0n) is 11.1. The maximum Gasteiger partial charge on any atom is 0.337 e. The van der Waals surface area contributed by atoms with Crippen LogP contribution in [0.4, 0.5) is 0 Å². The Hall–Kier alpha value is -2.29. The molecule has 0 radical (unpaired) electrons. The van der Waals surface area contributed by atoms with Crippen LogP contribution in [0.15, 0.2) is 48.5 Å². The maximum atomic E-state index is 11.3. The minimum Gasteiger partial charge on any atom is -0.489 e. The zero-order valence-corrected chi connectivity index (χ0v) is 11.1. The van der Waals surface area contributed by atoms with Crippen LogP contribution in [0, 0.1) is 6.92 Å². The van der Waals surface area contributed by atoms with Crippen LogP contribution in [0.25, 0.3) is 0 Å². The van der Waals surface area contributed by atoms with E-state index >= 15 is 0 Å². The number of esters is 1. The molecule has 0 saturated carbocycles. The van der Waals surface area contributed by atoms with Gasteiger partial charge in [0.25, 0.3) is 0 Å². The van der Waals surface area contributed by atoms with Gasteiger partial charge in [-0.15, -0.1) is 0 Å². The third-order valence-electron chi connectivity index (χ3n) is 2.77. The summed E-state index contributed by atoms with van der Waals surface area (Å²) in [6.07, 6.45) is 0. The first-order chi connectivity index (χ1) is 9.19. The van der Waals surface area contributed by atoms with Crippen LogP contribution in [0.2, 0.25) is 0 Å². The number of hydrogen-bond acceptors (Lipinski definition) is 3. The second-order valence-electron chi connectivity index (χ2n) is 4.29. The van der Waals surface area contributed by atoms with Crippen LogP contribution in [0.1, 0.15) is 21.5 Å². The highest BCUT2D eigenvalue weighted by Gasteiger charge is 2.04. The lowest BCUT2D eigenvalue weighted by atomic mass is 10.1. The van der Waals surface area contributed by atoms with Crippen LogP contribution in [0.3, 0.4) is 0 Å². The van der Waals surface area contributed by atoms with Gasteiger partial charge in [0.1, 0.15) is 12.4 Å². The Morgan fingerprint density at radius 1 is 1.11 bits per heavy atom. The molecule has 0 fully saturated rings. The summed E-state index contributed by atoms with van der Waals surface area (Å²) < 4.78 is 10.3. The Labute approximate surface area is 112 Å². The molecule has 0 aliphatic carbocycles. The van der Waals surface area contributed by atoms with E-state index in [1.54, 1.807) is 12.1 Å². The van der Waals surface area contributed by atoms with E-state index in [-0.39, 0.29) is 5.97 Å². The number of methoxy groups -OCH3 is 1. The van der Waals surface area contributed by atoms with Crippen molar-refractivity contribution in [1.29, 1.82) is 0 Å². The van der Waals surface area contributed by atoms with Gasteiger partial charge in [-0.1, -0.05) is 24.3 Å². The van der Waals surface area contributed by atoms with Crippen molar-refractivity contribution in [3.05, 3.63) is 65.2 Å². The van der Waals surface area contributed by atoms with E-state index in [0.717, 1.165) is 11.3 Å². The predicted molar refractivity (Wildman–Crippen MR) is 73.3 cm³/mol. The first-order valence-corrected chi connectivity index (χ1v) is 6.06. The number of carbonyl (C=O) groups excluding carboxylic acids is 1. The van der Waals surface area contributed by atoms with Crippen molar-refractivity contribution < 1.29 is 14.3 Å². The number of ether oxygens (including phenoxy) is 2. The van der Waals surface area contributed by atoms with Gasteiger partial charge >= 0.3 is 5.97 Å². The molecule has 2 rings (SSSR count). The Morgan fingerprint density at radius 2 is 1.84 bits per heavy atom. The standard InChI is InChI=1S/C16H16O3/c1-12-4-3-5-15(10-12)19-11-13-6-8-14(9-7-13)16(17)18-2/h3-10H,11H2,1-2H3. The number of carbonyl (C=O) groups is 1. The van der Waals surface area contributed by atoms with Crippen LogP contribution < -0.4 is 4.74 Å². The average molecular weight is 256 g/mol.